The fraction of sp³-hybridized carbons (Fsp3) is 0.765. The molecule has 26 heavy (non-hydrogen) atoms. The minimum Gasteiger partial charge on any atom is -0.414 e. The molecular weight excluding hydrogens is 356 g/mol. The van der Waals surface area contributed by atoms with Crippen LogP contribution in [0.5, 0.6) is 0 Å². The average molecular weight is 387 g/mol. The molecule has 0 spiro atoms. The maximum Gasteiger partial charge on any atom is 0.330 e. The van der Waals surface area contributed by atoms with Crippen molar-refractivity contribution in [3.05, 3.63) is 33.1 Å². The molecule has 2 heterocycles. The molecule has 0 radical (unpaired) electrons. The lowest BCUT2D eigenvalue weighted by molar-refractivity contribution is -0.0533. The maximum absolute atomic E-state index is 11.9. The largest absolute Gasteiger partial charge is 0.414 e. The fourth-order valence-electron chi connectivity index (χ4n) is 2.90. The summed E-state index contributed by atoms with van der Waals surface area (Å²) in [6.45, 7) is 13.0. The molecule has 1 aliphatic heterocycles. The number of hydrogen-bond donors (Lipinski definition) is 3. The molecule has 0 amide bonds. The second kappa shape index (κ2) is 7.39. The van der Waals surface area contributed by atoms with Gasteiger partial charge in [-0.1, -0.05) is 27.7 Å². The molecule has 8 nitrogen and oxygen atoms in total. The predicted molar refractivity (Wildman–Crippen MR) is 99.6 cm³/mol. The summed E-state index contributed by atoms with van der Waals surface area (Å²) < 4.78 is 13.0. The van der Waals surface area contributed by atoms with Gasteiger partial charge in [0.25, 0.3) is 5.56 Å². The first-order chi connectivity index (χ1) is 11.9. The van der Waals surface area contributed by atoms with Crippen molar-refractivity contribution in [3.63, 3.8) is 0 Å². The van der Waals surface area contributed by atoms with Crippen LogP contribution in [0.15, 0.2) is 21.9 Å². The van der Waals surface area contributed by atoms with Crippen LogP contribution in [0.1, 0.15) is 33.9 Å². The van der Waals surface area contributed by atoms with Crippen molar-refractivity contribution in [1.29, 1.82) is 0 Å². The number of nitrogens with zero attached hydrogens (tertiary/aromatic N) is 1. The van der Waals surface area contributed by atoms with Crippen molar-refractivity contribution in [2.45, 2.75) is 70.4 Å². The summed E-state index contributed by atoms with van der Waals surface area (Å²) in [4.78, 5) is 25.2. The molecule has 3 N–H and O–H groups in total. The highest BCUT2D eigenvalue weighted by molar-refractivity contribution is 6.74. The monoisotopic (exact) mass is 386 g/mol. The van der Waals surface area contributed by atoms with Gasteiger partial charge in [0.15, 0.2) is 14.5 Å². The van der Waals surface area contributed by atoms with Crippen molar-refractivity contribution in [2.24, 2.45) is 5.92 Å². The van der Waals surface area contributed by atoms with Gasteiger partial charge in [-0.2, -0.15) is 0 Å². The Morgan fingerprint density at radius 3 is 2.46 bits per heavy atom. The molecule has 1 aromatic heterocycles. The van der Waals surface area contributed by atoms with Crippen LogP contribution in [0.3, 0.4) is 0 Å². The van der Waals surface area contributed by atoms with E-state index in [4.69, 9.17) is 9.16 Å². The molecule has 9 heteroatoms. The topological polar surface area (TPSA) is 114 Å². The van der Waals surface area contributed by atoms with E-state index < -0.39 is 44.1 Å². The van der Waals surface area contributed by atoms with E-state index in [1.165, 1.54) is 6.20 Å². The smallest absolute Gasteiger partial charge is 0.330 e. The van der Waals surface area contributed by atoms with Crippen LogP contribution < -0.4 is 11.2 Å². The minimum atomic E-state index is -2.12. The highest BCUT2D eigenvalue weighted by atomic mass is 28.4. The van der Waals surface area contributed by atoms with E-state index in [1.54, 1.807) is 0 Å². The summed E-state index contributed by atoms with van der Waals surface area (Å²) in [6.07, 6.45) is -3.08. The van der Waals surface area contributed by atoms with Gasteiger partial charge in [-0.05, 0) is 24.1 Å². The van der Waals surface area contributed by atoms with Crippen molar-refractivity contribution in [3.8, 4) is 0 Å². The Hall–Kier alpha value is -1.26. The molecule has 1 aromatic rings. The third kappa shape index (κ3) is 3.86. The number of aromatic nitrogens is 2. The Kier molecular flexibility index (Phi) is 5.98. The number of aromatic amines is 1. The molecule has 4 atom stereocenters. The van der Waals surface area contributed by atoms with Crippen LogP contribution in [0.2, 0.25) is 18.1 Å². The average Bonchev–Trinajstić information content (AvgIpc) is 2.81. The van der Waals surface area contributed by atoms with Crippen molar-refractivity contribution in [2.75, 3.05) is 6.61 Å². The van der Waals surface area contributed by atoms with Crippen LogP contribution in [0, 0.1) is 5.92 Å². The zero-order chi connectivity index (χ0) is 19.9. The lowest BCUT2D eigenvalue weighted by Gasteiger charge is -2.43. The maximum atomic E-state index is 11.9. The van der Waals surface area contributed by atoms with Gasteiger partial charge in [0.05, 0.1) is 6.61 Å². The van der Waals surface area contributed by atoms with E-state index in [0.717, 1.165) is 10.6 Å². The van der Waals surface area contributed by atoms with Crippen LogP contribution in [0.25, 0.3) is 0 Å². The van der Waals surface area contributed by atoms with Crippen LogP contribution in [-0.4, -0.2) is 53.0 Å². The molecule has 1 fully saturated rings. The van der Waals surface area contributed by atoms with Gasteiger partial charge < -0.3 is 19.4 Å². The van der Waals surface area contributed by atoms with Gasteiger partial charge in [-0.15, -0.1) is 0 Å². The van der Waals surface area contributed by atoms with E-state index in [1.807, 2.05) is 0 Å². The molecular formula is C17H30N2O6Si. The van der Waals surface area contributed by atoms with Crippen LogP contribution >= 0.6 is 0 Å². The lowest BCUT2D eigenvalue weighted by atomic mass is 9.99. The minimum absolute atomic E-state index is 0.00439. The summed E-state index contributed by atoms with van der Waals surface area (Å²) in [5, 5.41) is 20.6. The van der Waals surface area contributed by atoms with E-state index in [-0.39, 0.29) is 11.6 Å². The summed E-state index contributed by atoms with van der Waals surface area (Å²) in [5.41, 5.74) is -1.24. The first-order valence-corrected chi connectivity index (χ1v) is 11.8. The first kappa shape index (κ1) is 21.0. The van der Waals surface area contributed by atoms with Crippen molar-refractivity contribution < 1.29 is 19.4 Å². The Morgan fingerprint density at radius 1 is 1.31 bits per heavy atom. The van der Waals surface area contributed by atoms with Crippen LogP contribution in [-0.2, 0) is 9.16 Å². The van der Waals surface area contributed by atoms with Gasteiger partial charge in [0, 0.05) is 12.3 Å². The molecule has 0 saturated carbocycles. The molecule has 0 unspecified atom stereocenters. The van der Waals surface area contributed by atoms with Gasteiger partial charge in [0.1, 0.15) is 18.3 Å². The van der Waals surface area contributed by atoms with Crippen molar-refractivity contribution in [1.82, 2.24) is 9.55 Å². The number of aliphatic hydroxyl groups is 2. The van der Waals surface area contributed by atoms with Crippen LogP contribution in [0.4, 0.5) is 0 Å². The van der Waals surface area contributed by atoms with E-state index >= 15 is 0 Å². The van der Waals surface area contributed by atoms with E-state index in [9.17, 15) is 19.8 Å². The van der Waals surface area contributed by atoms with Gasteiger partial charge >= 0.3 is 5.69 Å². The zero-order valence-corrected chi connectivity index (χ0v) is 17.2. The molecule has 0 aliphatic carbocycles. The molecule has 0 bridgehead atoms. The number of aliphatic hydroxyl groups excluding tert-OH is 2. The summed E-state index contributed by atoms with van der Waals surface area (Å²) in [5.74, 6) is 0.427. The molecule has 1 aliphatic rings. The molecule has 1 saturated heterocycles. The number of nitrogens with one attached hydrogen (secondary N) is 1. The second-order valence-corrected chi connectivity index (χ2v) is 12.9. The third-order valence-corrected chi connectivity index (χ3v) is 10.6. The predicted octanol–water partition coefficient (Wildman–Crippen LogP) is 0.814. The summed E-state index contributed by atoms with van der Waals surface area (Å²) in [6, 6.07) is 1.16. The SMILES string of the molecule is CC(C)C(C)(C)[Si](C)(C)OC[C@H]1O[C@@H](n2ccc(=O)[nH]c2=O)[C@H](O)[C@@H]1O. The number of rotatable bonds is 6. The molecule has 148 valence electrons. The van der Waals surface area contributed by atoms with Gasteiger partial charge in [0.2, 0.25) is 0 Å². The summed E-state index contributed by atoms with van der Waals surface area (Å²) in [7, 11) is -2.12. The highest BCUT2D eigenvalue weighted by Crippen LogP contribution is 2.45. The Bertz CT molecular complexity index is 741. The number of H-pyrrole nitrogens is 1. The second-order valence-electron chi connectivity index (χ2n) is 8.26. The van der Waals surface area contributed by atoms with Crippen molar-refractivity contribution >= 4 is 8.32 Å². The number of hydrogen-bond acceptors (Lipinski definition) is 6. The fourth-order valence-corrected chi connectivity index (χ4v) is 5.24. The lowest BCUT2D eigenvalue weighted by Crippen LogP contribution is -2.47. The van der Waals surface area contributed by atoms with Gasteiger partial charge in [-0.25, -0.2) is 4.79 Å². The quantitative estimate of drug-likeness (QED) is 0.624. The molecule has 0 aromatic carbocycles. The number of ether oxygens (including phenoxy) is 1. The standard InChI is InChI=1S/C17H30N2O6Si/c1-10(2)17(3,4)26(5,6)24-9-11-13(21)14(22)15(25-11)19-8-7-12(20)18-16(19)23/h7-8,10-11,13-15,21-22H,9H2,1-6H3,(H,18,20,23)/t11-,13-,14-,15-/m1/s1. The Labute approximate surface area is 153 Å². The normalized spacial score (nSPS) is 27.3. The molecule has 2 rings (SSSR count). The van der Waals surface area contributed by atoms with Gasteiger partial charge in [-0.3, -0.25) is 14.3 Å². The van der Waals surface area contributed by atoms with E-state index in [0.29, 0.717) is 5.92 Å². The summed E-state index contributed by atoms with van der Waals surface area (Å²) >= 11 is 0. The third-order valence-electron chi connectivity index (χ3n) is 6.07. The highest BCUT2D eigenvalue weighted by Gasteiger charge is 2.47. The Morgan fingerprint density at radius 2 is 1.92 bits per heavy atom. The van der Waals surface area contributed by atoms with E-state index in [2.05, 4.69) is 45.8 Å². The Balaban J connectivity index is 2.13. The zero-order valence-electron chi connectivity index (χ0n) is 16.2. The first-order valence-electron chi connectivity index (χ1n) is 8.85.